The lowest BCUT2D eigenvalue weighted by Gasteiger charge is -2.11. The lowest BCUT2D eigenvalue weighted by Crippen LogP contribution is -2.04. The zero-order valence-corrected chi connectivity index (χ0v) is 12.3. The van der Waals surface area contributed by atoms with E-state index in [0.717, 1.165) is 11.1 Å². The van der Waals surface area contributed by atoms with Crippen LogP contribution in [0.25, 0.3) is 11.1 Å². The van der Waals surface area contributed by atoms with Crippen LogP contribution in [0, 0.1) is 0 Å². The first kappa shape index (κ1) is 14.1. The monoisotopic (exact) mass is 288 g/mol. The molecule has 0 saturated carbocycles. The molecule has 0 saturated heterocycles. The molecular formula is C20H16O2. The lowest BCUT2D eigenvalue weighted by molar-refractivity contribution is 0.103. The van der Waals surface area contributed by atoms with Crippen LogP contribution in [0.4, 0.5) is 0 Å². The van der Waals surface area contributed by atoms with E-state index in [2.05, 4.69) is 0 Å². The third-order valence-electron chi connectivity index (χ3n) is 3.59. The van der Waals surface area contributed by atoms with Crippen molar-refractivity contribution in [2.24, 2.45) is 0 Å². The SMILES string of the molecule is COc1ccc(-c2ccccc2)c(C(=O)c2ccccc2)c1. The first-order chi connectivity index (χ1) is 10.8. The summed E-state index contributed by atoms with van der Waals surface area (Å²) in [5.74, 6) is 0.678. The van der Waals surface area contributed by atoms with Crippen molar-refractivity contribution in [2.75, 3.05) is 7.11 Å². The van der Waals surface area contributed by atoms with Crippen molar-refractivity contribution in [2.45, 2.75) is 0 Å². The van der Waals surface area contributed by atoms with Crippen molar-refractivity contribution >= 4 is 5.78 Å². The molecule has 108 valence electrons. The molecule has 0 bridgehead atoms. The summed E-state index contributed by atoms with van der Waals surface area (Å²) in [5.41, 5.74) is 3.25. The minimum Gasteiger partial charge on any atom is -0.497 e. The van der Waals surface area contributed by atoms with Gasteiger partial charge in [0.15, 0.2) is 5.78 Å². The Morgan fingerprint density at radius 1 is 0.818 bits per heavy atom. The molecule has 2 heteroatoms. The molecule has 3 rings (SSSR count). The van der Waals surface area contributed by atoms with Gasteiger partial charge in [-0.15, -0.1) is 0 Å². The molecule has 0 amide bonds. The molecule has 0 spiro atoms. The third-order valence-corrected chi connectivity index (χ3v) is 3.59. The molecule has 0 unspecified atom stereocenters. The normalized spacial score (nSPS) is 10.2. The highest BCUT2D eigenvalue weighted by Crippen LogP contribution is 2.29. The fourth-order valence-electron chi connectivity index (χ4n) is 2.45. The maximum atomic E-state index is 12.9. The van der Waals surface area contributed by atoms with Gasteiger partial charge >= 0.3 is 0 Å². The molecule has 22 heavy (non-hydrogen) atoms. The number of carbonyl (C=O) groups is 1. The lowest BCUT2D eigenvalue weighted by atomic mass is 9.94. The Morgan fingerprint density at radius 3 is 2.09 bits per heavy atom. The average Bonchev–Trinajstić information content (AvgIpc) is 2.62. The van der Waals surface area contributed by atoms with Gasteiger partial charge in [0, 0.05) is 11.1 Å². The molecule has 2 nitrogen and oxygen atoms in total. The minimum atomic E-state index is -0.00152. The molecule has 0 fully saturated rings. The molecule has 3 aromatic rings. The predicted octanol–water partition coefficient (Wildman–Crippen LogP) is 4.59. The number of methoxy groups -OCH3 is 1. The Hall–Kier alpha value is -2.87. The van der Waals surface area contributed by atoms with E-state index in [1.807, 2.05) is 72.8 Å². The summed E-state index contributed by atoms with van der Waals surface area (Å²) in [4.78, 5) is 12.9. The quantitative estimate of drug-likeness (QED) is 0.656. The minimum absolute atomic E-state index is 0.00152. The first-order valence-corrected chi connectivity index (χ1v) is 7.13. The maximum Gasteiger partial charge on any atom is 0.193 e. The third kappa shape index (κ3) is 2.77. The summed E-state index contributed by atoms with van der Waals surface area (Å²) in [7, 11) is 1.61. The van der Waals surface area contributed by atoms with Crippen LogP contribution < -0.4 is 4.74 Å². The van der Waals surface area contributed by atoms with Crippen LogP contribution >= 0.6 is 0 Å². The van der Waals surface area contributed by atoms with E-state index >= 15 is 0 Å². The fourth-order valence-corrected chi connectivity index (χ4v) is 2.45. The zero-order valence-electron chi connectivity index (χ0n) is 12.3. The largest absolute Gasteiger partial charge is 0.497 e. The molecule has 0 aromatic heterocycles. The van der Waals surface area contributed by atoms with E-state index in [1.54, 1.807) is 13.2 Å². The summed E-state index contributed by atoms with van der Waals surface area (Å²) < 4.78 is 5.28. The topological polar surface area (TPSA) is 26.3 Å². The average molecular weight is 288 g/mol. The molecule has 0 aliphatic carbocycles. The van der Waals surface area contributed by atoms with Gasteiger partial charge in [0.25, 0.3) is 0 Å². The van der Waals surface area contributed by atoms with Crippen LogP contribution in [-0.2, 0) is 0 Å². The molecule has 3 aromatic carbocycles. The van der Waals surface area contributed by atoms with E-state index < -0.39 is 0 Å². The van der Waals surface area contributed by atoms with Crippen molar-refractivity contribution in [3.05, 3.63) is 90.0 Å². The van der Waals surface area contributed by atoms with Gasteiger partial charge in [-0.2, -0.15) is 0 Å². The molecule has 0 heterocycles. The summed E-state index contributed by atoms with van der Waals surface area (Å²) >= 11 is 0. The Kier molecular flexibility index (Phi) is 4.01. The van der Waals surface area contributed by atoms with Crippen LogP contribution in [0.3, 0.4) is 0 Å². The second-order valence-electron chi connectivity index (χ2n) is 4.97. The van der Waals surface area contributed by atoms with E-state index in [-0.39, 0.29) is 5.78 Å². The van der Waals surface area contributed by atoms with Gasteiger partial charge in [0.05, 0.1) is 7.11 Å². The Labute approximate surface area is 130 Å². The summed E-state index contributed by atoms with van der Waals surface area (Å²) in [6.07, 6.45) is 0. The predicted molar refractivity (Wildman–Crippen MR) is 88.3 cm³/mol. The molecular weight excluding hydrogens is 272 g/mol. The van der Waals surface area contributed by atoms with Gasteiger partial charge in [0.2, 0.25) is 0 Å². The van der Waals surface area contributed by atoms with Crippen molar-refractivity contribution in [1.82, 2.24) is 0 Å². The number of hydrogen-bond acceptors (Lipinski definition) is 2. The summed E-state index contributed by atoms with van der Waals surface area (Å²) in [6, 6.07) is 24.8. The van der Waals surface area contributed by atoms with Gasteiger partial charge in [-0.05, 0) is 29.3 Å². The van der Waals surface area contributed by atoms with Gasteiger partial charge < -0.3 is 4.74 Å². The zero-order chi connectivity index (χ0) is 15.4. The highest BCUT2D eigenvalue weighted by molar-refractivity contribution is 6.13. The Bertz CT molecular complexity index is 777. The van der Waals surface area contributed by atoms with Crippen LogP contribution in [0.5, 0.6) is 5.75 Å². The van der Waals surface area contributed by atoms with Crippen LogP contribution in [0.2, 0.25) is 0 Å². The standard InChI is InChI=1S/C20H16O2/c1-22-17-12-13-18(15-8-4-2-5-9-15)19(14-17)20(21)16-10-6-3-7-11-16/h2-14H,1H3. The van der Waals surface area contributed by atoms with E-state index in [0.29, 0.717) is 16.9 Å². The molecule has 0 N–H and O–H groups in total. The second-order valence-corrected chi connectivity index (χ2v) is 4.97. The molecule has 0 atom stereocenters. The highest BCUT2D eigenvalue weighted by atomic mass is 16.5. The van der Waals surface area contributed by atoms with Crippen LogP contribution in [0.1, 0.15) is 15.9 Å². The maximum absolute atomic E-state index is 12.9. The van der Waals surface area contributed by atoms with Crippen molar-refractivity contribution in [3.63, 3.8) is 0 Å². The number of hydrogen-bond donors (Lipinski definition) is 0. The number of benzene rings is 3. The summed E-state index contributed by atoms with van der Waals surface area (Å²) in [5, 5.41) is 0. The number of carbonyl (C=O) groups excluding carboxylic acids is 1. The van der Waals surface area contributed by atoms with Crippen LogP contribution in [-0.4, -0.2) is 12.9 Å². The number of rotatable bonds is 4. The molecule has 0 aliphatic heterocycles. The van der Waals surface area contributed by atoms with Crippen LogP contribution in [0.15, 0.2) is 78.9 Å². The fraction of sp³-hybridized carbons (Fsp3) is 0.0500. The Morgan fingerprint density at radius 2 is 1.45 bits per heavy atom. The van der Waals surface area contributed by atoms with E-state index in [1.165, 1.54) is 0 Å². The van der Waals surface area contributed by atoms with Crippen molar-refractivity contribution in [3.8, 4) is 16.9 Å². The number of ketones is 1. The highest BCUT2D eigenvalue weighted by Gasteiger charge is 2.15. The van der Waals surface area contributed by atoms with E-state index in [9.17, 15) is 4.79 Å². The van der Waals surface area contributed by atoms with Gasteiger partial charge in [0.1, 0.15) is 5.75 Å². The first-order valence-electron chi connectivity index (χ1n) is 7.13. The van der Waals surface area contributed by atoms with Crippen molar-refractivity contribution < 1.29 is 9.53 Å². The van der Waals surface area contributed by atoms with Crippen molar-refractivity contribution in [1.29, 1.82) is 0 Å². The molecule has 0 radical (unpaired) electrons. The summed E-state index contributed by atoms with van der Waals surface area (Å²) in [6.45, 7) is 0. The smallest absolute Gasteiger partial charge is 0.193 e. The Balaban J connectivity index is 2.14. The molecule has 0 aliphatic rings. The number of ether oxygens (including phenoxy) is 1. The van der Waals surface area contributed by atoms with Gasteiger partial charge in [-0.25, -0.2) is 0 Å². The second kappa shape index (κ2) is 6.27. The van der Waals surface area contributed by atoms with E-state index in [4.69, 9.17) is 4.74 Å². The van der Waals surface area contributed by atoms with Gasteiger partial charge in [-0.3, -0.25) is 4.79 Å². The van der Waals surface area contributed by atoms with Gasteiger partial charge in [-0.1, -0.05) is 60.7 Å².